The van der Waals surface area contributed by atoms with Crippen molar-refractivity contribution in [3.8, 4) is 33.6 Å². The van der Waals surface area contributed by atoms with Gasteiger partial charge in [-0.1, -0.05) is 35.9 Å². The summed E-state index contributed by atoms with van der Waals surface area (Å²) >= 11 is 8.01. The van der Waals surface area contributed by atoms with Gasteiger partial charge in [0, 0.05) is 91.2 Å². The summed E-state index contributed by atoms with van der Waals surface area (Å²) in [6.07, 6.45) is 2.16. The fourth-order valence-corrected chi connectivity index (χ4v) is 10.5. The van der Waals surface area contributed by atoms with Crippen molar-refractivity contribution in [1.82, 2.24) is 49.5 Å². The molecule has 338 valence electrons. The number of nitrogens with zero attached hydrogens (tertiary/aromatic N) is 10. The second kappa shape index (κ2) is 18.5. The van der Waals surface area contributed by atoms with Crippen molar-refractivity contribution in [3.05, 3.63) is 116 Å². The van der Waals surface area contributed by atoms with Crippen molar-refractivity contribution >= 4 is 40.5 Å². The number of amides is 2. The number of hydrogen-bond acceptors (Lipinski definition) is 12. The zero-order chi connectivity index (χ0) is 45.5. The Labute approximate surface area is 387 Å². The Kier molecular flexibility index (Phi) is 12.6. The van der Waals surface area contributed by atoms with Gasteiger partial charge < -0.3 is 25.3 Å². The second-order valence-electron chi connectivity index (χ2n) is 17.7. The highest BCUT2D eigenvalue weighted by molar-refractivity contribution is 7.15. The Bertz CT molecular complexity index is 2750. The molecule has 3 aromatic carbocycles. The quantitative estimate of drug-likeness (QED) is 0.123. The second-order valence-corrected chi connectivity index (χ2v) is 19.3. The average Bonchev–Trinajstić information content (AvgIpc) is 3.95. The number of phenols is 2. The van der Waals surface area contributed by atoms with Crippen LogP contribution in [0.2, 0.25) is 5.02 Å². The molecule has 2 amide bonds. The summed E-state index contributed by atoms with van der Waals surface area (Å²) < 4.78 is 3.73. The molecule has 0 bridgehead atoms. The zero-order valence-corrected chi connectivity index (χ0v) is 38.9. The van der Waals surface area contributed by atoms with Crippen LogP contribution in [0.4, 0.5) is 0 Å². The first-order valence-electron chi connectivity index (χ1n) is 22.3. The predicted molar refractivity (Wildman–Crippen MR) is 252 cm³/mol. The molecule has 0 unspecified atom stereocenters. The number of aromatic nitrogens is 6. The molecule has 65 heavy (non-hydrogen) atoms. The predicted octanol–water partition coefficient (Wildman–Crippen LogP) is 7.04. The zero-order valence-electron chi connectivity index (χ0n) is 37.3. The van der Waals surface area contributed by atoms with E-state index in [-0.39, 0.29) is 47.4 Å². The number of phenolic OH excluding ortho intramolecular Hbond substituents is 2. The molecule has 0 spiro atoms. The minimum absolute atomic E-state index is 0.0805. The molecule has 3 aliphatic heterocycles. The van der Waals surface area contributed by atoms with Gasteiger partial charge in [0.1, 0.15) is 28.4 Å². The van der Waals surface area contributed by atoms with Crippen LogP contribution in [0.5, 0.6) is 11.5 Å². The van der Waals surface area contributed by atoms with Gasteiger partial charge in [0.25, 0.3) is 5.91 Å². The first-order chi connectivity index (χ1) is 31.3. The summed E-state index contributed by atoms with van der Waals surface area (Å²) in [5, 5.41) is 42.7. The maximum atomic E-state index is 14.1. The van der Waals surface area contributed by atoms with Crippen molar-refractivity contribution in [2.24, 2.45) is 10.9 Å². The van der Waals surface area contributed by atoms with Crippen molar-refractivity contribution in [2.45, 2.75) is 72.5 Å². The lowest BCUT2D eigenvalue weighted by atomic mass is 9.95. The maximum absolute atomic E-state index is 14.1. The van der Waals surface area contributed by atoms with E-state index < -0.39 is 6.04 Å². The normalized spacial score (nSPS) is 17.2. The highest BCUT2D eigenvalue weighted by Gasteiger charge is 2.35. The van der Waals surface area contributed by atoms with Crippen molar-refractivity contribution in [1.29, 1.82) is 0 Å². The third-order valence-corrected chi connectivity index (χ3v) is 14.2. The van der Waals surface area contributed by atoms with E-state index in [2.05, 4.69) is 66.1 Å². The van der Waals surface area contributed by atoms with E-state index in [1.807, 2.05) is 62.1 Å². The van der Waals surface area contributed by atoms with Crippen LogP contribution in [-0.2, 0) is 11.3 Å². The average molecular weight is 917 g/mol. The monoisotopic (exact) mass is 915 g/mol. The molecule has 2 fully saturated rings. The van der Waals surface area contributed by atoms with Gasteiger partial charge in [-0.25, -0.2) is 0 Å². The van der Waals surface area contributed by atoms with Crippen LogP contribution >= 0.6 is 22.9 Å². The molecule has 3 N–H and O–H groups in total. The fraction of sp³-hybridized carbons (Fsp3) is 0.396. The minimum atomic E-state index is -0.481. The van der Waals surface area contributed by atoms with Crippen LogP contribution < -0.4 is 5.32 Å². The van der Waals surface area contributed by atoms with E-state index in [9.17, 15) is 19.8 Å². The molecule has 3 aromatic heterocycles. The molecule has 6 aromatic rings. The molecule has 9 rings (SSSR count). The smallest absolute Gasteiger partial charge is 0.289 e. The fourth-order valence-electron chi connectivity index (χ4n) is 9.18. The molecule has 6 heterocycles. The van der Waals surface area contributed by atoms with Gasteiger partial charge in [-0.15, -0.1) is 31.7 Å². The van der Waals surface area contributed by atoms with Crippen molar-refractivity contribution in [3.63, 3.8) is 0 Å². The summed E-state index contributed by atoms with van der Waals surface area (Å²) in [6.45, 7) is 17.1. The van der Waals surface area contributed by atoms with Gasteiger partial charge in [-0.05, 0) is 101 Å². The Morgan fingerprint density at radius 3 is 2.25 bits per heavy atom. The standard InChI is InChI=1S/C48H54ClN11O4S/c1-28(2)50-47(64)46-55-53-44(38-15-14-37(61)24-40(38)62)60(46)36-12-6-32(7-13-36)26-56-20-22-57(23-21-56)27-33-16-18-58(19-17-33)41(63)25-39-45-54-52-31(5)59(45)48-42(29(3)30(4)65-48)43(51-39)34-8-10-35(49)11-9-34/h6-15,24,28,33,39,61-62H,16-23,25-27H2,1-5H3,(H,50,64)/t39-/m0/s1. The molecule has 1 atom stereocenters. The van der Waals surface area contributed by atoms with Crippen molar-refractivity contribution in [2.75, 3.05) is 45.8 Å². The molecular weight excluding hydrogens is 862 g/mol. The number of likely N-dealkylation sites (tertiary alicyclic amines) is 1. The molecule has 0 saturated carbocycles. The van der Waals surface area contributed by atoms with E-state index in [1.165, 1.54) is 22.6 Å². The van der Waals surface area contributed by atoms with E-state index in [4.69, 9.17) is 16.6 Å². The first kappa shape index (κ1) is 44.3. The van der Waals surface area contributed by atoms with E-state index >= 15 is 0 Å². The molecular formula is C48H54ClN11O4S. The Morgan fingerprint density at radius 1 is 0.846 bits per heavy atom. The van der Waals surface area contributed by atoms with Crippen LogP contribution in [0.3, 0.4) is 0 Å². The lowest BCUT2D eigenvalue weighted by Gasteiger charge is -2.39. The number of aromatic hydroxyl groups is 2. The summed E-state index contributed by atoms with van der Waals surface area (Å²) in [5.41, 5.74) is 6.20. The maximum Gasteiger partial charge on any atom is 0.289 e. The van der Waals surface area contributed by atoms with Crippen LogP contribution in [0, 0.1) is 26.7 Å². The SMILES string of the molecule is Cc1sc2c(c1C)C(c1ccc(Cl)cc1)=N[C@@H](CC(=O)N1CCC(CN3CCN(Cc4ccc(-n5c(C(=O)NC(C)C)nnc5-c5ccc(O)cc5O)cc4)CC3)CC1)c1nnc(C)n1-2. The van der Waals surface area contributed by atoms with Crippen LogP contribution in [0.25, 0.3) is 22.1 Å². The Hall–Kier alpha value is -5.94. The largest absolute Gasteiger partial charge is 0.508 e. The Morgan fingerprint density at radius 2 is 1.55 bits per heavy atom. The summed E-state index contributed by atoms with van der Waals surface area (Å²) in [4.78, 5) is 40.8. The van der Waals surface area contributed by atoms with Crippen LogP contribution in [-0.4, -0.2) is 124 Å². The van der Waals surface area contributed by atoms with Gasteiger partial charge >= 0.3 is 0 Å². The number of hydrogen-bond donors (Lipinski definition) is 3. The third-order valence-electron chi connectivity index (χ3n) is 12.8. The molecule has 17 heteroatoms. The van der Waals surface area contributed by atoms with Gasteiger partial charge in [0.05, 0.1) is 17.7 Å². The number of thiophene rings is 1. The summed E-state index contributed by atoms with van der Waals surface area (Å²) in [5.74, 6) is 1.85. The lowest BCUT2D eigenvalue weighted by molar-refractivity contribution is -0.133. The molecule has 3 aliphatic rings. The van der Waals surface area contributed by atoms with Gasteiger partial charge in [0.2, 0.25) is 11.7 Å². The number of carbonyl (C=O) groups excluding carboxylic acids is 2. The highest BCUT2D eigenvalue weighted by atomic mass is 35.5. The van der Waals surface area contributed by atoms with Gasteiger partial charge in [0.15, 0.2) is 11.6 Å². The molecule has 15 nitrogen and oxygen atoms in total. The molecule has 0 aliphatic carbocycles. The number of piperazine rings is 1. The molecule has 2 saturated heterocycles. The number of fused-ring (bicyclic) bond motifs is 3. The van der Waals surface area contributed by atoms with Crippen LogP contribution in [0.15, 0.2) is 71.7 Å². The van der Waals surface area contributed by atoms with Gasteiger partial charge in [-0.2, -0.15) is 0 Å². The summed E-state index contributed by atoms with van der Waals surface area (Å²) in [7, 11) is 0. The van der Waals surface area contributed by atoms with Crippen molar-refractivity contribution < 1.29 is 19.8 Å². The van der Waals surface area contributed by atoms with E-state index in [1.54, 1.807) is 22.0 Å². The highest BCUT2D eigenvalue weighted by Crippen LogP contribution is 2.40. The van der Waals surface area contributed by atoms with E-state index in [0.717, 1.165) is 98.4 Å². The molecule has 0 radical (unpaired) electrons. The number of nitrogens with one attached hydrogen (secondary N) is 1. The number of aliphatic imine (C=N–C) groups is 1. The topological polar surface area (TPSA) is 170 Å². The number of piperidine rings is 1. The lowest BCUT2D eigenvalue weighted by Crippen LogP contribution is -2.48. The van der Waals surface area contributed by atoms with Crippen LogP contribution in [0.1, 0.15) is 88.6 Å². The Balaban J connectivity index is 0.798. The minimum Gasteiger partial charge on any atom is -0.508 e. The summed E-state index contributed by atoms with van der Waals surface area (Å²) in [6, 6.07) is 19.4. The number of benzene rings is 3. The van der Waals surface area contributed by atoms with E-state index in [0.29, 0.717) is 28.0 Å². The number of halogens is 1. The van der Waals surface area contributed by atoms with Gasteiger partial charge in [-0.3, -0.25) is 28.6 Å². The number of rotatable bonds is 11. The number of aryl methyl sites for hydroxylation is 2. The first-order valence-corrected chi connectivity index (χ1v) is 23.5. The third kappa shape index (κ3) is 9.17. The number of carbonyl (C=O) groups is 2.